The topological polar surface area (TPSA) is 70.1 Å². The Hall–Kier alpha value is -2.19. The number of aromatic nitrogens is 1. The molecule has 1 atom stereocenters. The summed E-state index contributed by atoms with van der Waals surface area (Å²) in [4.78, 5) is 8.88. The highest BCUT2D eigenvalue weighted by Gasteiger charge is 2.19. The van der Waals surface area contributed by atoms with Crippen molar-refractivity contribution >= 4 is 0 Å². The lowest BCUT2D eigenvalue weighted by Crippen LogP contribution is -2.49. The Morgan fingerprint density at radius 1 is 1.10 bits per heavy atom. The molecule has 7 nitrogen and oxygen atoms in total. The van der Waals surface area contributed by atoms with E-state index in [2.05, 4.69) is 33.1 Å². The maximum Gasteiger partial charge on any atom is 0.161 e. The van der Waals surface area contributed by atoms with Crippen LogP contribution >= 0.6 is 0 Å². The summed E-state index contributed by atoms with van der Waals surface area (Å²) >= 11 is 0. The summed E-state index contributed by atoms with van der Waals surface area (Å²) in [7, 11) is 1.64. The zero-order valence-corrected chi connectivity index (χ0v) is 18.8. The standard InChI is InChI=1S/C24H36N4O3/c1-3-27-11-13-28(14-12-27)18-22(29)19-31-23-7-6-21(15-24(23)30-2)17-26-10-8-20-5-4-9-25-16-20/h4-7,9,15-16,22,26,29H,3,8,10-14,17-19H2,1-2H3. The lowest BCUT2D eigenvalue weighted by Gasteiger charge is -2.34. The number of pyridine rings is 1. The maximum absolute atomic E-state index is 10.4. The van der Waals surface area contributed by atoms with Crippen molar-refractivity contribution in [1.82, 2.24) is 20.1 Å². The van der Waals surface area contributed by atoms with E-state index in [0.717, 1.165) is 57.8 Å². The van der Waals surface area contributed by atoms with Gasteiger partial charge in [-0.15, -0.1) is 0 Å². The Bertz CT molecular complexity index is 767. The monoisotopic (exact) mass is 428 g/mol. The number of ether oxygens (including phenoxy) is 2. The summed E-state index contributed by atoms with van der Waals surface area (Å²) in [5.74, 6) is 1.35. The molecule has 0 amide bonds. The van der Waals surface area contributed by atoms with E-state index in [4.69, 9.17) is 9.47 Å². The predicted octanol–water partition coefficient (Wildman–Crippen LogP) is 1.80. The third kappa shape index (κ3) is 7.78. The van der Waals surface area contributed by atoms with Crippen molar-refractivity contribution in [1.29, 1.82) is 0 Å². The van der Waals surface area contributed by atoms with Gasteiger partial charge in [-0.25, -0.2) is 0 Å². The zero-order valence-electron chi connectivity index (χ0n) is 18.8. The molecule has 0 radical (unpaired) electrons. The first-order valence-corrected chi connectivity index (χ1v) is 11.2. The first-order valence-electron chi connectivity index (χ1n) is 11.2. The highest BCUT2D eigenvalue weighted by atomic mass is 16.5. The molecule has 2 aromatic rings. The van der Waals surface area contributed by atoms with Crippen molar-refractivity contribution in [2.75, 3.05) is 59.5 Å². The van der Waals surface area contributed by atoms with Crippen LogP contribution in [-0.2, 0) is 13.0 Å². The SMILES string of the molecule is CCN1CCN(CC(O)COc2ccc(CNCCc3cccnc3)cc2OC)CC1. The van der Waals surface area contributed by atoms with E-state index in [-0.39, 0.29) is 6.61 Å². The second kappa shape index (κ2) is 12.6. The minimum Gasteiger partial charge on any atom is -0.493 e. The molecular weight excluding hydrogens is 392 g/mol. The second-order valence-electron chi connectivity index (χ2n) is 7.97. The molecule has 1 saturated heterocycles. The molecule has 2 N–H and O–H groups in total. The van der Waals surface area contributed by atoms with Gasteiger partial charge in [0.2, 0.25) is 0 Å². The summed E-state index contributed by atoms with van der Waals surface area (Å²) in [5.41, 5.74) is 2.35. The van der Waals surface area contributed by atoms with Gasteiger partial charge in [0.25, 0.3) is 0 Å². The van der Waals surface area contributed by atoms with Crippen LogP contribution in [-0.4, -0.2) is 85.5 Å². The third-order valence-corrected chi connectivity index (χ3v) is 5.68. The largest absolute Gasteiger partial charge is 0.493 e. The smallest absolute Gasteiger partial charge is 0.161 e. The summed E-state index contributed by atoms with van der Waals surface area (Å²) in [6, 6.07) is 9.99. The highest BCUT2D eigenvalue weighted by molar-refractivity contribution is 5.43. The molecule has 0 spiro atoms. The van der Waals surface area contributed by atoms with Crippen molar-refractivity contribution in [2.24, 2.45) is 0 Å². The molecule has 0 saturated carbocycles. The first kappa shape index (κ1) is 23.5. The van der Waals surface area contributed by atoms with E-state index in [9.17, 15) is 5.11 Å². The predicted molar refractivity (Wildman–Crippen MR) is 123 cm³/mol. The van der Waals surface area contributed by atoms with Crippen molar-refractivity contribution < 1.29 is 14.6 Å². The number of hydrogen-bond acceptors (Lipinski definition) is 7. The molecule has 170 valence electrons. The number of rotatable bonds is 12. The van der Waals surface area contributed by atoms with Crippen molar-refractivity contribution in [3.8, 4) is 11.5 Å². The molecule has 1 unspecified atom stereocenters. The van der Waals surface area contributed by atoms with Crippen LogP contribution in [0.15, 0.2) is 42.7 Å². The van der Waals surface area contributed by atoms with Gasteiger partial charge in [0.15, 0.2) is 11.5 Å². The number of hydrogen-bond donors (Lipinski definition) is 2. The molecule has 1 aliphatic rings. The van der Waals surface area contributed by atoms with Crippen molar-refractivity contribution in [3.05, 3.63) is 53.9 Å². The quantitative estimate of drug-likeness (QED) is 0.500. The van der Waals surface area contributed by atoms with E-state index in [1.165, 1.54) is 5.56 Å². The van der Waals surface area contributed by atoms with Gasteiger partial charge in [-0.05, 0) is 48.8 Å². The van der Waals surface area contributed by atoms with Crippen molar-refractivity contribution in [3.63, 3.8) is 0 Å². The van der Waals surface area contributed by atoms with Crippen LogP contribution in [0.3, 0.4) is 0 Å². The lowest BCUT2D eigenvalue weighted by atomic mass is 10.2. The Balaban J connectivity index is 1.40. The van der Waals surface area contributed by atoms with Gasteiger partial charge in [0.05, 0.1) is 7.11 Å². The summed E-state index contributed by atoms with van der Waals surface area (Å²) in [6.45, 7) is 9.93. The van der Waals surface area contributed by atoms with E-state index in [0.29, 0.717) is 18.0 Å². The van der Waals surface area contributed by atoms with Gasteiger partial charge in [0, 0.05) is 51.7 Å². The van der Waals surface area contributed by atoms with Crippen molar-refractivity contribution in [2.45, 2.75) is 26.0 Å². The van der Waals surface area contributed by atoms with Crippen LogP contribution in [0.2, 0.25) is 0 Å². The Kier molecular flexibility index (Phi) is 9.55. The average molecular weight is 429 g/mol. The number of benzene rings is 1. The molecule has 2 heterocycles. The van der Waals surface area contributed by atoms with E-state index in [1.807, 2.05) is 30.5 Å². The third-order valence-electron chi connectivity index (χ3n) is 5.68. The highest BCUT2D eigenvalue weighted by Crippen LogP contribution is 2.28. The number of likely N-dealkylation sites (N-methyl/N-ethyl adjacent to an activating group) is 1. The Morgan fingerprint density at radius 2 is 1.90 bits per heavy atom. The number of nitrogens with one attached hydrogen (secondary N) is 1. The molecule has 1 aromatic carbocycles. The number of methoxy groups -OCH3 is 1. The second-order valence-corrected chi connectivity index (χ2v) is 7.97. The number of aliphatic hydroxyl groups is 1. The van der Waals surface area contributed by atoms with Crippen LogP contribution < -0.4 is 14.8 Å². The van der Waals surface area contributed by atoms with E-state index < -0.39 is 6.10 Å². The van der Waals surface area contributed by atoms with Gasteiger partial charge in [-0.3, -0.25) is 9.88 Å². The van der Waals surface area contributed by atoms with Gasteiger partial charge in [-0.2, -0.15) is 0 Å². The molecule has 31 heavy (non-hydrogen) atoms. The van der Waals surface area contributed by atoms with Crippen LogP contribution in [0.1, 0.15) is 18.1 Å². The molecule has 1 fully saturated rings. The molecule has 0 bridgehead atoms. The van der Waals surface area contributed by atoms with Gasteiger partial charge in [-0.1, -0.05) is 19.1 Å². The number of β-amino-alcohol motifs (C(OH)–C–C–N with tert-alkyl or cyclic N) is 1. The van der Waals surface area contributed by atoms with Crippen LogP contribution in [0, 0.1) is 0 Å². The first-order chi connectivity index (χ1) is 15.2. The minimum absolute atomic E-state index is 0.257. The molecule has 7 heteroatoms. The summed E-state index contributed by atoms with van der Waals surface area (Å²) in [6.07, 6.45) is 4.11. The fraction of sp³-hybridized carbons (Fsp3) is 0.542. The lowest BCUT2D eigenvalue weighted by molar-refractivity contribution is 0.0464. The number of piperazine rings is 1. The van der Waals surface area contributed by atoms with Crippen LogP contribution in [0.4, 0.5) is 0 Å². The fourth-order valence-corrected chi connectivity index (χ4v) is 3.78. The fourth-order valence-electron chi connectivity index (χ4n) is 3.78. The summed E-state index contributed by atoms with van der Waals surface area (Å²) < 4.78 is 11.4. The van der Waals surface area contributed by atoms with Gasteiger partial charge in [0.1, 0.15) is 12.7 Å². The molecule has 1 aromatic heterocycles. The molecule has 1 aliphatic heterocycles. The van der Waals surface area contributed by atoms with E-state index >= 15 is 0 Å². The van der Waals surface area contributed by atoms with Crippen LogP contribution in [0.5, 0.6) is 11.5 Å². The maximum atomic E-state index is 10.4. The number of aliphatic hydroxyl groups excluding tert-OH is 1. The normalized spacial score (nSPS) is 16.2. The Labute approximate surface area is 186 Å². The molecule has 0 aliphatic carbocycles. The number of nitrogens with zero attached hydrogens (tertiary/aromatic N) is 3. The molecule has 3 rings (SSSR count). The summed E-state index contributed by atoms with van der Waals surface area (Å²) in [5, 5.41) is 13.9. The van der Waals surface area contributed by atoms with E-state index in [1.54, 1.807) is 13.3 Å². The van der Waals surface area contributed by atoms with Gasteiger partial charge < -0.3 is 24.8 Å². The average Bonchev–Trinajstić information content (AvgIpc) is 2.82. The van der Waals surface area contributed by atoms with Gasteiger partial charge >= 0.3 is 0 Å². The molecular formula is C24H36N4O3. The van der Waals surface area contributed by atoms with Crippen LogP contribution in [0.25, 0.3) is 0 Å². The Morgan fingerprint density at radius 3 is 2.61 bits per heavy atom. The minimum atomic E-state index is -0.522. The zero-order chi connectivity index (χ0) is 21.9.